The van der Waals surface area contributed by atoms with E-state index >= 15 is 0 Å². The molecule has 2 unspecified atom stereocenters. The zero-order valence-electron chi connectivity index (χ0n) is 11.2. The third kappa shape index (κ3) is 4.63. The molecule has 1 saturated carbocycles. The van der Waals surface area contributed by atoms with E-state index in [1.54, 1.807) is 0 Å². The molecule has 0 amide bonds. The largest absolute Gasteiger partial charge is 0.376 e. The Bertz CT molecular complexity index is 263. The summed E-state index contributed by atoms with van der Waals surface area (Å²) in [5.41, 5.74) is -0.387. The summed E-state index contributed by atoms with van der Waals surface area (Å²) in [5.74, 6) is 0. The minimum Gasteiger partial charge on any atom is -0.376 e. The maximum atomic E-state index is 9.21. The maximum Gasteiger partial charge on any atom is 0.109 e. The molecule has 4 heteroatoms. The number of nitrogens with one attached hydrogen (secondary N) is 1. The van der Waals surface area contributed by atoms with Gasteiger partial charge in [-0.2, -0.15) is 5.26 Å². The molecule has 0 spiro atoms. The fourth-order valence-corrected chi connectivity index (χ4v) is 2.25. The van der Waals surface area contributed by atoms with Gasteiger partial charge < -0.3 is 14.8 Å². The van der Waals surface area contributed by atoms with Crippen molar-refractivity contribution < 1.29 is 9.47 Å². The number of rotatable bonds is 6. The third-order valence-electron chi connectivity index (χ3n) is 3.29. The van der Waals surface area contributed by atoms with Crippen molar-refractivity contribution in [3.63, 3.8) is 0 Å². The Kier molecular flexibility index (Phi) is 5.90. The van der Waals surface area contributed by atoms with Crippen LogP contribution in [0.1, 0.15) is 39.5 Å². The molecule has 1 fully saturated rings. The normalized spacial score (nSPS) is 29.2. The van der Waals surface area contributed by atoms with E-state index in [-0.39, 0.29) is 17.7 Å². The van der Waals surface area contributed by atoms with Crippen molar-refractivity contribution in [1.29, 1.82) is 5.26 Å². The average Bonchev–Trinajstić information content (AvgIpc) is 2.34. The van der Waals surface area contributed by atoms with Crippen LogP contribution in [0.15, 0.2) is 0 Å². The molecular weight excluding hydrogens is 216 g/mol. The highest BCUT2D eigenvalue weighted by Gasteiger charge is 2.35. The first-order valence-electron chi connectivity index (χ1n) is 6.45. The van der Waals surface area contributed by atoms with Crippen LogP contribution in [-0.4, -0.2) is 38.0 Å². The predicted octanol–water partition coefficient (Wildman–Crippen LogP) is 1.85. The molecule has 2 atom stereocenters. The molecule has 0 heterocycles. The SMILES string of the molecule is CNC1(C#N)CCCC(OCCOC(C)C)C1. The van der Waals surface area contributed by atoms with E-state index in [4.69, 9.17) is 9.47 Å². The number of hydrogen-bond acceptors (Lipinski definition) is 4. The summed E-state index contributed by atoms with van der Waals surface area (Å²) in [6.45, 7) is 5.28. The summed E-state index contributed by atoms with van der Waals surface area (Å²) < 4.78 is 11.2. The smallest absolute Gasteiger partial charge is 0.109 e. The lowest BCUT2D eigenvalue weighted by atomic mass is 9.81. The van der Waals surface area contributed by atoms with Crippen LogP contribution in [0.3, 0.4) is 0 Å². The first kappa shape index (κ1) is 14.4. The van der Waals surface area contributed by atoms with E-state index in [0.717, 1.165) is 25.7 Å². The van der Waals surface area contributed by atoms with Gasteiger partial charge in [0.1, 0.15) is 5.54 Å². The molecule has 1 aliphatic carbocycles. The van der Waals surface area contributed by atoms with Gasteiger partial charge in [-0.15, -0.1) is 0 Å². The quantitative estimate of drug-likeness (QED) is 0.720. The second-order valence-corrected chi connectivity index (χ2v) is 4.95. The highest BCUT2D eigenvalue weighted by molar-refractivity contribution is 5.09. The van der Waals surface area contributed by atoms with Crippen LogP contribution in [0.4, 0.5) is 0 Å². The van der Waals surface area contributed by atoms with Crippen LogP contribution in [0, 0.1) is 11.3 Å². The summed E-state index contributed by atoms with van der Waals surface area (Å²) in [7, 11) is 1.85. The summed E-state index contributed by atoms with van der Waals surface area (Å²) in [6.07, 6.45) is 4.23. The molecule has 0 aliphatic heterocycles. The zero-order chi connectivity index (χ0) is 12.7. The van der Waals surface area contributed by atoms with Crippen LogP contribution in [0.5, 0.6) is 0 Å². The Labute approximate surface area is 104 Å². The second-order valence-electron chi connectivity index (χ2n) is 4.95. The Morgan fingerprint density at radius 2 is 2.24 bits per heavy atom. The van der Waals surface area contributed by atoms with E-state index in [2.05, 4.69) is 11.4 Å². The van der Waals surface area contributed by atoms with Gasteiger partial charge in [0.2, 0.25) is 0 Å². The van der Waals surface area contributed by atoms with Crippen LogP contribution >= 0.6 is 0 Å². The van der Waals surface area contributed by atoms with Gasteiger partial charge in [0.15, 0.2) is 0 Å². The Morgan fingerprint density at radius 1 is 1.47 bits per heavy atom. The van der Waals surface area contributed by atoms with Gasteiger partial charge in [0, 0.05) is 6.42 Å². The van der Waals surface area contributed by atoms with Gasteiger partial charge in [-0.05, 0) is 40.2 Å². The molecule has 0 saturated heterocycles. The van der Waals surface area contributed by atoms with Gasteiger partial charge >= 0.3 is 0 Å². The molecule has 0 radical (unpaired) electrons. The molecule has 98 valence electrons. The van der Waals surface area contributed by atoms with E-state index in [0.29, 0.717) is 13.2 Å². The van der Waals surface area contributed by atoms with Crippen LogP contribution < -0.4 is 5.32 Å². The van der Waals surface area contributed by atoms with Gasteiger partial charge in [-0.25, -0.2) is 0 Å². The van der Waals surface area contributed by atoms with E-state index in [1.165, 1.54) is 0 Å². The third-order valence-corrected chi connectivity index (χ3v) is 3.29. The van der Waals surface area contributed by atoms with E-state index in [9.17, 15) is 5.26 Å². The first-order valence-corrected chi connectivity index (χ1v) is 6.45. The second kappa shape index (κ2) is 6.95. The van der Waals surface area contributed by atoms with Crippen molar-refractivity contribution in [1.82, 2.24) is 5.32 Å². The first-order chi connectivity index (χ1) is 8.12. The fraction of sp³-hybridized carbons (Fsp3) is 0.923. The topological polar surface area (TPSA) is 54.3 Å². The summed E-state index contributed by atoms with van der Waals surface area (Å²) in [4.78, 5) is 0. The number of hydrogen-bond donors (Lipinski definition) is 1. The van der Waals surface area contributed by atoms with E-state index < -0.39 is 0 Å². The molecule has 0 aromatic heterocycles. The predicted molar refractivity (Wildman–Crippen MR) is 66.7 cm³/mol. The van der Waals surface area contributed by atoms with Crippen molar-refractivity contribution >= 4 is 0 Å². The molecule has 1 rings (SSSR count). The minimum absolute atomic E-state index is 0.187. The molecular formula is C13H24N2O2. The van der Waals surface area contributed by atoms with Crippen LogP contribution in [-0.2, 0) is 9.47 Å². The molecule has 4 nitrogen and oxygen atoms in total. The fourth-order valence-electron chi connectivity index (χ4n) is 2.25. The molecule has 1 aliphatic rings. The summed E-state index contributed by atoms with van der Waals surface area (Å²) in [6, 6.07) is 2.38. The lowest BCUT2D eigenvalue weighted by Crippen LogP contribution is -2.47. The van der Waals surface area contributed by atoms with Gasteiger partial charge in [-0.1, -0.05) is 0 Å². The maximum absolute atomic E-state index is 9.21. The highest BCUT2D eigenvalue weighted by atomic mass is 16.5. The number of nitrogens with zero attached hydrogens (tertiary/aromatic N) is 1. The Balaban J connectivity index is 2.28. The zero-order valence-corrected chi connectivity index (χ0v) is 11.2. The highest BCUT2D eigenvalue weighted by Crippen LogP contribution is 2.29. The minimum atomic E-state index is -0.387. The summed E-state index contributed by atoms with van der Waals surface area (Å²) >= 11 is 0. The van der Waals surface area contributed by atoms with Crippen LogP contribution in [0.2, 0.25) is 0 Å². The summed E-state index contributed by atoms with van der Waals surface area (Å²) in [5, 5.41) is 12.3. The molecule has 0 aromatic rings. The Morgan fingerprint density at radius 3 is 2.82 bits per heavy atom. The van der Waals surface area contributed by atoms with Crippen molar-refractivity contribution in [2.75, 3.05) is 20.3 Å². The van der Waals surface area contributed by atoms with Gasteiger partial charge in [0.05, 0.1) is 31.5 Å². The Hall–Kier alpha value is -0.630. The van der Waals surface area contributed by atoms with Gasteiger partial charge in [-0.3, -0.25) is 0 Å². The number of nitriles is 1. The molecule has 17 heavy (non-hydrogen) atoms. The van der Waals surface area contributed by atoms with E-state index in [1.807, 2.05) is 20.9 Å². The van der Waals surface area contributed by atoms with Crippen molar-refractivity contribution in [3.05, 3.63) is 0 Å². The molecule has 0 bridgehead atoms. The molecule has 0 aromatic carbocycles. The van der Waals surface area contributed by atoms with Crippen molar-refractivity contribution in [2.45, 2.75) is 57.3 Å². The van der Waals surface area contributed by atoms with Crippen LogP contribution in [0.25, 0.3) is 0 Å². The van der Waals surface area contributed by atoms with Crippen molar-refractivity contribution in [2.24, 2.45) is 0 Å². The number of ether oxygens (including phenoxy) is 2. The molecule has 1 N–H and O–H groups in total. The van der Waals surface area contributed by atoms with Crippen molar-refractivity contribution in [3.8, 4) is 6.07 Å². The standard InChI is InChI=1S/C13H24N2O2/c1-11(2)16-7-8-17-12-5-4-6-13(9-12,10-14)15-3/h11-12,15H,4-9H2,1-3H3. The van der Waals surface area contributed by atoms with Gasteiger partial charge in [0.25, 0.3) is 0 Å². The lowest BCUT2D eigenvalue weighted by Gasteiger charge is -2.35. The monoisotopic (exact) mass is 240 g/mol. The lowest BCUT2D eigenvalue weighted by molar-refractivity contribution is -0.0330. The average molecular weight is 240 g/mol.